The van der Waals surface area contributed by atoms with Gasteiger partial charge < -0.3 is 19.9 Å². The van der Waals surface area contributed by atoms with E-state index in [0.717, 1.165) is 26.9 Å². The maximum Gasteiger partial charge on any atom is 0.250 e. The molecule has 35 heavy (non-hydrogen) atoms. The molecule has 1 atom stereocenters. The van der Waals surface area contributed by atoms with E-state index < -0.39 is 12.0 Å². The summed E-state index contributed by atoms with van der Waals surface area (Å²) in [6, 6.07) is 18.6. The van der Waals surface area contributed by atoms with Gasteiger partial charge in [0.15, 0.2) is 6.23 Å². The fourth-order valence-corrected chi connectivity index (χ4v) is 4.53. The minimum atomic E-state index is -0.656. The zero-order valence-electron chi connectivity index (χ0n) is 18.6. The Bertz CT molecular complexity index is 1370. The lowest BCUT2D eigenvalue weighted by Crippen LogP contribution is -2.31. The number of amides is 1. The van der Waals surface area contributed by atoms with E-state index in [0.29, 0.717) is 17.7 Å². The maximum atomic E-state index is 14.3. The molecule has 0 radical (unpaired) electrons. The highest BCUT2D eigenvalue weighted by Crippen LogP contribution is 2.37. The third-order valence-corrected chi connectivity index (χ3v) is 6.60. The number of hydrogen-bond acceptors (Lipinski definition) is 3. The first-order valence-electron chi connectivity index (χ1n) is 11.1. The number of nitrogens with two attached hydrogens (primary N) is 1. The molecular formula is C27H22BrF2N3O2. The van der Waals surface area contributed by atoms with Crippen molar-refractivity contribution in [2.45, 2.75) is 12.6 Å². The molecule has 3 aromatic carbocycles. The monoisotopic (exact) mass is 537 g/mol. The average molecular weight is 538 g/mol. The summed E-state index contributed by atoms with van der Waals surface area (Å²) in [7, 11) is 0. The van der Waals surface area contributed by atoms with Crippen molar-refractivity contribution in [1.82, 2.24) is 9.47 Å². The van der Waals surface area contributed by atoms with Gasteiger partial charge in [-0.05, 0) is 66.1 Å². The predicted octanol–water partition coefficient (Wildman–Crippen LogP) is 5.87. The normalized spacial score (nSPS) is 15.7. The number of anilines is 1. The van der Waals surface area contributed by atoms with Crippen LogP contribution in [0.4, 0.5) is 14.5 Å². The van der Waals surface area contributed by atoms with Crippen molar-refractivity contribution < 1.29 is 18.3 Å². The van der Waals surface area contributed by atoms with Crippen molar-refractivity contribution in [2.24, 2.45) is 0 Å². The van der Waals surface area contributed by atoms with E-state index in [1.54, 1.807) is 29.2 Å². The number of carbonyl (C=O) groups is 1. The van der Waals surface area contributed by atoms with Crippen LogP contribution in [0.1, 0.15) is 17.4 Å². The number of ether oxygens (including phenoxy) is 1. The van der Waals surface area contributed by atoms with E-state index in [1.807, 2.05) is 41.2 Å². The first-order valence-corrected chi connectivity index (χ1v) is 11.9. The SMILES string of the molecule is Nc1ccc(CCN2C(=O)CO[C@H]2c2cn(-c3ccc(Br)cc3)cc2-c2ccc(F)cc2)c(F)c1. The number of nitrogen functional groups attached to an aromatic ring is 1. The Hall–Kier alpha value is -3.49. The fourth-order valence-electron chi connectivity index (χ4n) is 4.26. The average Bonchev–Trinajstić information content (AvgIpc) is 3.43. The third-order valence-electron chi connectivity index (χ3n) is 6.07. The number of benzene rings is 3. The van der Waals surface area contributed by atoms with Gasteiger partial charge in [-0.15, -0.1) is 0 Å². The Morgan fingerprint density at radius 3 is 2.46 bits per heavy atom. The minimum Gasteiger partial charge on any atom is -0.399 e. The topological polar surface area (TPSA) is 60.5 Å². The molecule has 2 heterocycles. The molecule has 0 saturated carbocycles. The maximum absolute atomic E-state index is 14.3. The van der Waals surface area contributed by atoms with Crippen LogP contribution in [-0.4, -0.2) is 28.5 Å². The van der Waals surface area contributed by atoms with E-state index >= 15 is 0 Å². The van der Waals surface area contributed by atoms with Crippen LogP contribution < -0.4 is 5.73 Å². The molecule has 5 rings (SSSR count). The van der Waals surface area contributed by atoms with Gasteiger partial charge in [0.25, 0.3) is 5.91 Å². The third kappa shape index (κ3) is 4.85. The van der Waals surface area contributed by atoms with Gasteiger partial charge in [-0.3, -0.25) is 4.79 Å². The summed E-state index contributed by atoms with van der Waals surface area (Å²) in [5, 5.41) is 0. The zero-order valence-corrected chi connectivity index (χ0v) is 20.2. The van der Waals surface area contributed by atoms with Crippen LogP contribution in [0.15, 0.2) is 83.6 Å². The molecule has 0 unspecified atom stereocenters. The molecule has 1 aromatic heterocycles. The Balaban J connectivity index is 1.51. The molecule has 2 N–H and O–H groups in total. The van der Waals surface area contributed by atoms with Gasteiger partial charge in [0.2, 0.25) is 0 Å². The molecule has 178 valence electrons. The summed E-state index contributed by atoms with van der Waals surface area (Å²) in [5.41, 5.74) is 9.78. The predicted molar refractivity (Wildman–Crippen MR) is 134 cm³/mol. The van der Waals surface area contributed by atoms with Gasteiger partial charge in [-0.25, -0.2) is 8.78 Å². The number of carbonyl (C=O) groups excluding carboxylic acids is 1. The second-order valence-corrected chi connectivity index (χ2v) is 9.28. The van der Waals surface area contributed by atoms with Crippen LogP contribution in [0.2, 0.25) is 0 Å². The van der Waals surface area contributed by atoms with Gasteiger partial charge in [0.1, 0.15) is 18.2 Å². The first kappa shape index (κ1) is 23.3. The summed E-state index contributed by atoms with van der Waals surface area (Å²) in [6.07, 6.45) is 3.52. The Kier molecular flexibility index (Phi) is 6.40. The van der Waals surface area contributed by atoms with Gasteiger partial charge >= 0.3 is 0 Å². The minimum absolute atomic E-state index is 0.0682. The molecule has 0 spiro atoms. The van der Waals surface area contributed by atoms with E-state index in [9.17, 15) is 13.6 Å². The van der Waals surface area contributed by atoms with Gasteiger partial charge in [0.05, 0.1) is 0 Å². The lowest BCUT2D eigenvalue weighted by molar-refractivity contribution is -0.128. The van der Waals surface area contributed by atoms with Crippen LogP contribution >= 0.6 is 15.9 Å². The summed E-state index contributed by atoms with van der Waals surface area (Å²) in [6.45, 7) is 0.206. The van der Waals surface area contributed by atoms with Crippen LogP contribution in [0.3, 0.4) is 0 Å². The number of aromatic nitrogens is 1. The number of nitrogens with zero attached hydrogens (tertiary/aromatic N) is 2. The van der Waals surface area contributed by atoms with E-state index in [2.05, 4.69) is 15.9 Å². The lowest BCUT2D eigenvalue weighted by Gasteiger charge is -2.24. The van der Waals surface area contributed by atoms with Crippen molar-refractivity contribution in [3.63, 3.8) is 0 Å². The largest absolute Gasteiger partial charge is 0.399 e. The van der Waals surface area contributed by atoms with E-state index in [4.69, 9.17) is 10.5 Å². The van der Waals surface area contributed by atoms with Gasteiger partial charge in [-0.1, -0.05) is 34.1 Å². The quantitative estimate of drug-likeness (QED) is 0.313. The molecule has 1 aliphatic rings. The van der Waals surface area contributed by atoms with Crippen LogP contribution in [0.5, 0.6) is 0 Å². The van der Waals surface area contributed by atoms with Crippen molar-refractivity contribution in [1.29, 1.82) is 0 Å². The van der Waals surface area contributed by atoms with Crippen molar-refractivity contribution in [3.05, 3.63) is 106 Å². The molecule has 0 aliphatic carbocycles. The van der Waals surface area contributed by atoms with E-state index in [1.165, 1.54) is 18.2 Å². The molecule has 1 aliphatic heterocycles. The molecule has 8 heteroatoms. The zero-order chi connectivity index (χ0) is 24.5. The summed E-state index contributed by atoms with van der Waals surface area (Å²) >= 11 is 3.45. The van der Waals surface area contributed by atoms with E-state index in [-0.39, 0.29) is 24.9 Å². The summed E-state index contributed by atoms with van der Waals surface area (Å²) in [5.74, 6) is -0.906. The fraction of sp³-hybridized carbons (Fsp3) is 0.148. The highest BCUT2D eigenvalue weighted by Gasteiger charge is 2.35. The molecule has 1 amide bonds. The first-order chi connectivity index (χ1) is 16.9. The molecule has 1 saturated heterocycles. The number of halogens is 3. The molecule has 0 bridgehead atoms. The van der Waals surface area contributed by atoms with Crippen molar-refractivity contribution in [3.8, 4) is 16.8 Å². The highest BCUT2D eigenvalue weighted by molar-refractivity contribution is 9.10. The molecule has 1 fully saturated rings. The van der Waals surface area contributed by atoms with Gasteiger partial charge in [0, 0.05) is 45.9 Å². The molecule has 5 nitrogen and oxygen atoms in total. The second kappa shape index (κ2) is 9.64. The highest BCUT2D eigenvalue weighted by atomic mass is 79.9. The number of hydrogen-bond donors (Lipinski definition) is 1. The molecule has 4 aromatic rings. The van der Waals surface area contributed by atoms with Crippen LogP contribution in [-0.2, 0) is 16.0 Å². The second-order valence-electron chi connectivity index (χ2n) is 8.37. The Morgan fingerprint density at radius 1 is 1.00 bits per heavy atom. The van der Waals surface area contributed by atoms with Crippen molar-refractivity contribution in [2.75, 3.05) is 18.9 Å². The smallest absolute Gasteiger partial charge is 0.250 e. The number of rotatable bonds is 6. The standard InChI is InChI=1S/C27H22BrF2N3O2/c28-19-4-9-22(10-5-19)32-14-23(17-1-6-20(29)7-2-17)24(15-32)27-33(26(34)16-35-27)12-11-18-3-8-21(31)13-25(18)30/h1-10,13-15,27H,11-12,16,31H2/t27-/m0/s1. The summed E-state index contributed by atoms with van der Waals surface area (Å²) in [4.78, 5) is 14.4. The lowest BCUT2D eigenvalue weighted by atomic mass is 10.0. The Labute approximate surface area is 209 Å². The van der Waals surface area contributed by atoms with Gasteiger partial charge in [-0.2, -0.15) is 0 Å². The van der Waals surface area contributed by atoms with Crippen LogP contribution in [0.25, 0.3) is 16.8 Å². The Morgan fingerprint density at radius 2 is 1.74 bits per heavy atom. The van der Waals surface area contributed by atoms with Crippen molar-refractivity contribution >= 4 is 27.5 Å². The molecular weight excluding hydrogens is 516 g/mol. The summed E-state index contributed by atoms with van der Waals surface area (Å²) < 4.78 is 36.8. The van der Waals surface area contributed by atoms with Crippen LogP contribution in [0, 0.1) is 11.6 Å².